The highest BCUT2D eigenvalue weighted by atomic mass is 16.1. The van der Waals surface area contributed by atoms with Crippen molar-refractivity contribution in [1.29, 1.82) is 0 Å². The van der Waals surface area contributed by atoms with Crippen LogP contribution in [0.25, 0.3) is 0 Å². The van der Waals surface area contributed by atoms with Crippen molar-refractivity contribution in [3.05, 3.63) is 23.4 Å². The quantitative estimate of drug-likeness (QED) is 0.803. The van der Waals surface area contributed by atoms with E-state index in [0.29, 0.717) is 18.0 Å². The fourth-order valence-corrected chi connectivity index (χ4v) is 1.80. The summed E-state index contributed by atoms with van der Waals surface area (Å²) >= 11 is 0. The van der Waals surface area contributed by atoms with Gasteiger partial charge in [-0.25, -0.2) is 4.98 Å². The second-order valence-electron chi connectivity index (χ2n) is 6.55. The van der Waals surface area contributed by atoms with Crippen LogP contribution in [0.1, 0.15) is 69.9 Å². The third-order valence-corrected chi connectivity index (χ3v) is 3.74. The van der Waals surface area contributed by atoms with Crippen LogP contribution < -0.4 is 10.6 Å². The Morgan fingerprint density at radius 2 is 1.95 bits per heavy atom. The minimum atomic E-state index is -0.0278. The van der Waals surface area contributed by atoms with Crippen LogP contribution in [0.2, 0.25) is 0 Å². The summed E-state index contributed by atoms with van der Waals surface area (Å²) in [5.41, 5.74) is 1.73. The summed E-state index contributed by atoms with van der Waals surface area (Å²) in [7, 11) is 0. The van der Waals surface area contributed by atoms with E-state index in [0.717, 1.165) is 24.5 Å². The van der Waals surface area contributed by atoms with Crippen molar-refractivity contribution < 1.29 is 4.79 Å². The minimum absolute atomic E-state index is 0.0278. The fraction of sp³-hybridized carbons (Fsp3) is 0.647. The number of anilines is 1. The lowest BCUT2D eigenvalue weighted by atomic mass is 9.90. The second kappa shape index (κ2) is 7.43. The maximum absolute atomic E-state index is 12.4. The number of carbonyl (C=O) groups is 1. The predicted octanol–water partition coefficient (Wildman–Crippen LogP) is 3.80. The normalized spacial score (nSPS) is 11.6. The van der Waals surface area contributed by atoms with E-state index in [1.165, 1.54) is 0 Å². The molecule has 0 aliphatic rings. The first-order valence-corrected chi connectivity index (χ1v) is 7.83. The average Bonchev–Trinajstić information content (AvgIpc) is 2.44. The summed E-state index contributed by atoms with van der Waals surface area (Å²) in [6, 6.07) is 3.71. The molecule has 4 heteroatoms. The van der Waals surface area contributed by atoms with Crippen LogP contribution in [0.3, 0.4) is 0 Å². The van der Waals surface area contributed by atoms with Crippen molar-refractivity contribution in [3.8, 4) is 0 Å². The third-order valence-electron chi connectivity index (χ3n) is 3.74. The largest absolute Gasteiger partial charge is 0.370 e. The molecule has 0 aromatic carbocycles. The molecular weight excluding hydrogens is 262 g/mol. The van der Waals surface area contributed by atoms with Crippen LogP contribution in [0.4, 0.5) is 5.82 Å². The molecule has 0 fully saturated rings. The van der Waals surface area contributed by atoms with Gasteiger partial charge in [0, 0.05) is 24.3 Å². The zero-order valence-electron chi connectivity index (χ0n) is 14.2. The van der Waals surface area contributed by atoms with Crippen LogP contribution in [0, 0.1) is 5.41 Å². The molecule has 4 nitrogen and oxygen atoms in total. The number of aromatic nitrogens is 1. The Labute approximate surface area is 128 Å². The van der Waals surface area contributed by atoms with E-state index in [9.17, 15) is 4.79 Å². The number of nitrogens with one attached hydrogen (secondary N) is 2. The molecule has 1 aromatic heterocycles. The van der Waals surface area contributed by atoms with Crippen molar-refractivity contribution in [3.63, 3.8) is 0 Å². The summed E-state index contributed by atoms with van der Waals surface area (Å²) in [4.78, 5) is 16.9. The number of amides is 1. The van der Waals surface area contributed by atoms with E-state index in [-0.39, 0.29) is 11.3 Å². The molecule has 21 heavy (non-hydrogen) atoms. The summed E-state index contributed by atoms with van der Waals surface area (Å²) in [6.45, 7) is 14.1. The summed E-state index contributed by atoms with van der Waals surface area (Å²) in [5, 5.41) is 6.22. The van der Waals surface area contributed by atoms with Crippen LogP contribution in [-0.2, 0) is 0 Å². The molecular formula is C17H29N3O. The lowest BCUT2D eigenvalue weighted by Gasteiger charge is -2.23. The first-order chi connectivity index (χ1) is 9.79. The molecule has 1 amide bonds. The molecule has 0 radical (unpaired) electrons. The summed E-state index contributed by atoms with van der Waals surface area (Å²) < 4.78 is 0. The highest BCUT2D eigenvalue weighted by Crippen LogP contribution is 2.20. The van der Waals surface area contributed by atoms with E-state index in [2.05, 4.69) is 50.2 Å². The van der Waals surface area contributed by atoms with Gasteiger partial charge in [0.05, 0.1) is 0 Å². The first kappa shape index (κ1) is 17.5. The summed E-state index contributed by atoms with van der Waals surface area (Å²) in [6.07, 6.45) is 1.03. The second-order valence-corrected chi connectivity index (χ2v) is 6.55. The number of hydrogen-bond acceptors (Lipinski definition) is 3. The van der Waals surface area contributed by atoms with Crippen LogP contribution >= 0.6 is 0 Å². The van der Waals surface area contributed by atoms with Gasteiger partial charge in [-0.1, -0.05) is 34.6 Å². The smallest absolute Gasteiger partial charge is 0.251 e. The molecule has 118 valence electrons. The van der Waals surface area contributed by atoms with Gasteiger partial charge in [-0.15, -0.1) is 0 Å². The van der Waals surface area contributed by atoms with E-state index >= 15 is 0 Å². The van der Waals surface area contributed by atoms with E-state index in [1.807, 2.05) is 19.1 Å². The third kappa shape index (κ3) is 5.37. The van der Waals surface area contributed by atoms with Gasteiger partial charge >= 0.3 is 0 Å². The van der Waals surface area contributed by atoms with Crippen molar-refractivity contribution in [2.24, 2.45) is 5.41 Å². The van der Waals surface area contributed by atoms with Gasteiger partial charge in [0.15, 0.2) is 0 Å². The molecule has 1 aromatic rings. The Hall–Kier alpha value is -1.58. The van der Waals surface area contributed by atoms with Crippen molar-refractivity contribution in [1.82, 2.24) is 10.3 Å². The number of rotatable bonds is 7. The monoisotopic (exact) mass is 291 g/mol. The van der Waals surface area contributed by atoms with Crippen LogP contribution in [0.5, 0.6) is 0 Å². The molecule has 1 heterocycles. The zero-order chi connectivity index (χ0) is 16.0. The Balaban J connectivity index is 2.92. The van der Waals surface area contributed by atoms with Gasteiger partial charge in [0.1, 0.15) is 5.82 Å². The molecule has 0 aliphatic heterocycles. The average molecular weight is 291 g/mol. The van der Waals surface area contributed by atoms with E-state index in [1.54, 1.807) is 0 Å². The fourth-order valence-electron chi connectivity index (χ4n) is 1.80. The molecule has 0 saturated carbocycles. The van der Waals surface area contributed by atoms with Crippen LogP contribution in [-0.4, -0.2) is 24.0 Å². The highest BCUT2D eigenvalue weighted by molar-refractivity contribution is 5.95. The molecule has 0 aliphatic carbocycles. The Kier molecular flexibility index (Phi) is 6.19. The van der Waals surface area contributed by atoms with Crippen molar-refractivity contribution in [2.75, 3.05) is 18.4 Å². The predicted molar refractivity (Wildman–Crippen MR) is 88.9 cm³/mol. The number of carbonyl (C=O) groups excluding carboxylic acids is 1. The van der Waals surface area contributed by atoms with Gasteiger partial charge in [0.25, 0.3) is 5.91 Å². The van der Waals surface area contributed by atoms with E-state index < -0.39 is 0 Å². The molecule has 0 bridgehead atoms. The molecule has 1 rings (SSSR count). The lowest BCUT2D eigenvalue weighted by Crippen LogP contribution is -2.33. The van der Waals surface area contributed by atoms with Crippen molar-refractivity contribution in [2.45, 2.75) is 53.9 Å². The number of pyridine rings is 1. The number of hydrogen-bond donors (Lipinski definition) is 2. The Morgan fingerprint density at radius 3 is 2.48 bits per heavy atom. The zero-order valence-corrected chi connectivity index (χ0v) is 14.2. The SMILES string of the molecule is CCNc1cc(C(=O)NCC(C)(C)CC)cc(C(C)C)n1. The number of nitrogens with zero attached hydrogens (tertiary/aromatic N) is 1. The Bertz CT molecular complexity index is 481. The molecule has 2 N–H and O–H groups in total. The molecule has 0 spiro atoms. The maximum Gasteiger partial charge on any atom is 0.251 e. The van der Waals surface area contributed by atoms with Gasteiger partial charge in [-0.3, -0.25) is 4.79 Å². The highest BCUT2D eigenvalue weighted by Gasteiger charge is 2.18. The molecule has 0 unspecified atom stereocenters. The van der Waals surface area contributed by atoms with Gasteiger partial charge in [0.2, 0.25) is 0 Å². The van der Waals surface area contributed by atoms with Crippen LogP contribution in [0.15, 0.2) is 12.1 Å². The van der Waals surface area contributed by atoms with Gasteiger partial charge in [-0.05, 0) is 36.8 Å². The standard InChI is InChI=1S/C17H29N3O/c1-7-17(5,6)11-19-16(21)13-9-14(12(3)4)20-15(10-13)18-8-2/h9-10,12H,7-8,11H2,1-6H3,(H,18,20)(H,19,21). The maximum atomic E-state index is 12.4. The lowest BCUT2D eigenvalue weighted by molar-refractivity contribution is 0.0935. The first-order valence-electron chi connectivity index (χ1n) is 7.83. The van der Waals surface area contributed by atoms with Crippen molar-refractivity contribution >= 4 is 11.7 Å². The van der Waals surface area contributed by atoms with E-state index in [4.69, 9.17) is 0 Å². The molecule has 0 saturated heterocycles. The molecule has 0 atom stereocenters. The van der Waals surface area contributed by atoms with Gasteiger partial charge in [-0.2, -0.15) is 0 Å². The Morgan fingerprint density at radius 1 is 1.29 bits per heavy atom. The topological polar surface area (TPSA) is 54.0 Å². The van der Waals surface area contributed by atoms with Gasteiger partial charge < -0.3 is 10.6 Å². The summed E-state index contributed by atoms with van der Waals surface area (Å²) in [5.74, 6) is 1.03. The minimum Gasteiger partial charge on any atom is -0.370 e.